The Labute approximate surface area is 131 Å². The Morgan fingerprint density at radius 2 is 2.25 bits per heavy atom. The molecule has 20 heavy (non-hydrogen) atoms. The monoisotopic (exact) mass is 330 g/mol. The van der Waals surface area contributed by atoms with Gasteiger partial charge in [-0.25, -0.2) is 0 Å². The third kappa shape index (κ3) is 3.18. The van der Waals surface area contributed by atoms with Crippen LogP contribution in [0.2, 0.25) is 0 Å². The molecule has 2 fully saturated rings. The highest BCUT2D eigenvalue weighted by atomic mass is 32.2. The van der Waals surface area contributed by atoms with Crippen molar-refractivity contribution in [3.05, 3.63) is 21.6 Å². The number of carboxylic acids is 1. The van der Waals surface area contributed by atoms with Gasteiger partial charge in [-0.3, -0.25) is 14.5 Å². The van der Waals surface area contributed by atoms with E-state index in [1.165, 1.54) is 0 Å². The van der Waals surface area contributed by atoms with Crippen LogP contribution in [0.5, 0.6) is 0 Å². The van der Waals surface area contributed by atoms with Crippen LogP contribution in [0, 0.1) is 0 Å². The van der Waals surface area contributed by atoms with Crippen LogP contribution in [-0.4, -0.2) is 57.0 Å². The molecule has 2 saturated heterocycles. The number of carboxylic acid groups (broad SMARTS) is 1. The van der Waals surface area contributed by atoms with Crippen LogP contribution < -0.4 is 0 Å². The number of thioether (sulfide) groups is 2. The molecule has 2 heterocycles. The van der Waals surface area contributed by atoms with Crippen molar-refractivity contribution in [1.29, 1.82) is 0 Å². The molecule has 8 heteroatoms. The van der Waals surface area contributed by atoms with Crippen molar-refractivity contribution in [2.75, 3.05) is 25.9 Å². The lowest BCUT2D eigenvalue weighted by Gasteiger charge is -2.13. The fourth-order valence-electron chi connectivity index (χ4n) is 1.94. The van der Waals surface area contributed by atoms with Crippen LogP contribution in [0.15, 0.2) is 21.6 Å². The number of carbonyl (C=O) groups is 2. The van der Waals surface area contributed by atoms with Crippen molar-refractivity contribution in [2.45, 2.75) is 6.92 Å². The van der Waals surface area contributed by atoms with Crippen LogP contribution in [0.3, 0.4) is 0 Å². The lowest BCUT2D eigenvalue weighted by molar-refractivity contribution is -0.140. The second-order valence-electron chi connectivity index (χ2n) is 4.42. The molecule has 0 aromatic carbocycles. The molecule has 0 aliphatic carbocycles. The molecule has 5 nitrogen and oxygen atoms in total. The lowest BCUT2D eigenvalue weighted by atomic mass is 10.2. The Morgan fingerprint density at radius 3 is 2.80 bits per heavy atom. The molecular weight excluding hydrogens is 316 g/mol. The maximum Gasteiger partial charge on any atom is 0.323 e. The van der Waals surface area contributed by atoms with Gasteiger partial charge in [0.05, 0.1) is 9.93 Å². The zero-order chi connectivity index (χ0) is 14.9. The first-order chi connectivity index (χ1) is 9.40. The van der Waals surface area contributed by atoms with Crippen LogP contribution in [0.1, 0.15) is 6.92 Å². The van der Waals surface area contributed by atoms with Crippen LogP contribution in [0.25, 0.3) is 0 Å². The van der Waals surface area contributed by atoms with E-state index in [-0.39, 0.29) is 12.5 Å². The number of hydrogen-bond acceptors (Lipinski definition) is 6. The molecule has 0 saturated carbocycles. The van der Waals surface area contributed by atoms with Crippen molar-refractivity contribution in [1.82, 2.24) is 9.80 Å². The van der Waals surface area contributed by atoms with Gasteiger partial charge in [0, 0.05) is 19.3 Å². The molecule has 0 unspecified atom stereocenters. The molecule has 2 aliphatic rings. The highest BCUT2D eigenvalue weighted by Crippen LogP contribution is 2.34. The average Bonchev–Trinajstić information content (AvgIpc) is 2.89. The second kappa shape index (κ2) is 6.19. The maximum atomic E-state index is 12.1. The van der Waals surface area contributed by atoms with Crippen molar-refractivity contribution in [3.8, 4) is 0 Å². The molecule has 0 aromatic rings. The van der Waals surface area contributed by atoms with E-state index in [0.717, 1.165) is 39.6 Å². The number of aliphatic carboxylic acids is 1. The summed E-state index contributed by atoms with van der Waals surface area (Å²) >= 11 is 7.97. The largest absolute Gasteiger partial charge is 0.480 e. The molecule has 0 aromatic heterocycles. The lowest BCUT2D eigenvalue weighted by Crippen LogP contribution is -2.33. The number of thiocarbonyl (C=S) groups is 1. The molecule has 2 rings (SSSR count). The van der Waals surface area contributed by atoms with E-state index in [1.807, 2.05) is 14.0 Å². The molecule has 2 aliphatic heterocycles. The molecule has 1 amide bonds. The van der Waals surface area contributed by atoms with Crippen molar-refractivity contribution < 1.29 is 14.7 Å². The van der Waals surface area contributed by atoms with E-state index in [4.69, 9.17) is 17.3 Å². The van der Waals surface area contributed by atoms with E-state index < -0.39 is 5.97 Å². The summed E-state index contributed by atoms with van der Waals surface area (Å²) in [6.45, 7) is 2.56. The summed E-state index contributed by atoms with van der Waals surface area (Å²) in [5, 5.41) is 9.93. The van der Waals surface area contributed by atoms with E-state index in [0.29, 0.717) is 9.23 Å². The second-order valence-corrected chi connectivity index (χ2v) is 7.18. The van der Waals surface area contributed by atoms with E-state index in [2.05, 4.69) is 4.90 Å². The Bertz CT molecular complexity index is 542. The fourth-order valence-corrected chi connectivity index (χ4v) is 4.39. The van der Waals surface area contributed by atoms with Gasteiger partial charge in [0.1, 0.15) is 10.9 Å². The van der Waals surface area contributed by atoms with Gasteiger partial charge >= 0.3 is 5.97 Å². The van der Waals surface area contributed by atoms with Crippen molar-refractivity contribution in [3.63, 3.8) is 0 Å². The maximum absolute atomic E-state index is 12.1. The standard InChI is InChI=1S/C12H14N2O3S3/c1-7(11-13(2)3-4-19-11)5-8-10(17)14(6-9(15)16)12(18)20-8/h5H,3-4,6H2,1-2H3,(H,15,16). The minimum atomic E-state index is -1.07. The topological polar surface area (TPSA) is 60.9 Å². The number of amides is 1. The van der Waals surface area contributed by atoms with Gasteiger partial charge in [-0.05, 0) is 18.6 Å². The third-order valence-corrected chi connectivity index (χ3v) is 5.54. The molecule has 0 atom stereocenters. The minimum absolute atomic E-state index is 0.300. The highest BCUT2D eigenvalue weighted by Gasteiger charge is 2.33. The highest BCUT2D eigenvalue weighted by molar-refractivity contribution is 8.26. The predicted molar refractivity (Wildman–Crippen MR) is 85.4 cm³/mol. The Hall–Kier alpha value is -0.990. The van der Waals surface area contributed by atoms with Gasteiger partial charge in [0.2, 0.25) is 0 Å². The average molecular weight is 330 g/mol. The number of allylic oxidation sites excluding steroid dienone is 2. The van der Waals surface area contributed by atoms with Gasteiger partial charge in [-0.1, -0.05) is 24.0 Å². The number of carbonyl (C=O) groups excluding carboxylic acids is 1. The van der Waals surface area contributed by atoms with Crippen molar-refractivity contribution in [2.24, 2.45) is 0 Å². The molecule has 0 bridgehead atoms. The molecule has 0 spiro atoms. The summed E-state index contributed by atoms with van der Waals surface area (Å²) in [6.07, 6.45) is 1.80. The zero-order valence-corrected chi connectivity index (χ0v) is 13.5. The summed E-state index contributed by atoms with van der Waals surface area (Å²) in [4.78, 5) is 26.6. The normalized spacial score (nSPS) is 24.0. The minimum Gasteiger partial charge on any atom is -0.480 e. The molecular formula is C12H14N2O3S3. The summed E-state index contributed by atoms with van der Waals surface area (Å²) < 4.78 is 0.300. The smallest absolute Gasteiger partial charge is 0.323 e. The zero-order valence-electron chi connectivity index (χ0n) is 11.1. The first-order valence-electron chi connectivity index (χ1n) is 5.92. The molecule has 1 N–H and O–H groups in total. The Kier molecular flexibility index (Phi) is 4.77. The SMILES string of the molecule is CC(C=C1SC(=S)N(CC(=O)O)C1=O)=C1SCCN1C. The van der Waals surface area contributed by atoms with Gasteiger partial charge in [-0.15, -0.1) is 11.8 Å². The fraction of sp³-hybridized carbons (Fsp3) is 0.417. The summed E-state index contributed by atoms with van der Waals surface area (Å²) in [6, 6.07) is 0. The quantitative estimate of drug-likeness (QED) is 0.624. The third-order valence-electron chi connectivity index (χ3n) is 2.86. The van der Waals surface area contributed by atoms with Gasteiger partial charge in [0.15, 0.2) is 0 Å². The summed E-state index contributed by atoms with van der Waals surface area (Å²) in [7, 11) is 2.02. The summed E-state index contributed by atoms with van der Waals surface area (Å²) in [5.74, 6) is -0.353. The van der Waals surface area contributed by atoms with E-state index in [1.54, 1.807) is 17.8 Å². The summed E-state index contributed by atoms with van der Waals surface area (Å²) in [5.41, 5.74) is 1.01. The van der Waals surface area contributed by atoms with E-state index in [9.17, 15) is 9.59 Å². The van der Waals surface area contributed by atoms with Gasteiger partial charge in [0.25, 0.3) is 5.91 Å². The van der Waals surface area contributed by atoms with Crippen molar-refractivity contribution >= 4 is 51.9 Å². The first kappa shape index (κ1) is 15.4. The van der Waals surface area contributed by atoms with Crippen LogP contribution >= 0.6 is 35.7 Å². The Balaban J connectivity index is 2.22. The van der Waals surface area contributed by atoms with Crippen LogP contribution in [0.4, 0.5) is 0 Å². The number of nitrogens with zero attached hydrogens (tertiary/aromatic N) is 2. The number of hydrogen-bond donors (Lipinski definition) is 1. The van der Waals surface area contributed by atoms with Gasteiger partial charge in [-0.2, -0.15) is 0 Å². The Morgan fingerprint density at radius 1 is 1.55 bits per heavy atom. The van der Waals surface area contributed by atoms with E-state index >= 15 is 0 Å². The molecule has 108 valence electrons. The van der Waals surface area contributed by atoms with Crippen LogP contribution in [-0.2, 0) is 9.59 Å². The predicted octanol–water partition coefficient (Wildman–Crippen LogP) is 1.73. The molecule has 0 radical (unpaired) electrons. The number of rotatable bonds is 3. The first-order valence-corrected chi connectivity index (χ1v) is 8.13. The van der Waals surface area contributed by atoms with Gasteiger partial charge < -0.3 is 10.0 Å².